The average Bonchev–Trinajstić information content (AvgIpc) is 2.94. The minimum Gasteiger partial charge on any atom is -0.326 e. The Bertz CT molecular complexity index is 606. The first kappa shape index (κ1) is 10.9. The SMILES string of the molecule is NCc1ccc(Cc2nc3ccccc3s2)s1. The summed E-state index contributed by atoms with van der Waals surface area (Å²) in [6, 6.07) is 12.5. The zero-order valence-corrected chi connectivity index (χ0v) is 10.9. The summed E-state index contributed by atoms with van der Waals surface area (Å²) in [4.78, 5) is 7.21. The molecule has 0 aliphatic carbocycles. The molecular formula is C13H12N2S2. The fraction of sp³-hybridized carbons (Fsp3) is 0.154. The quantitative estimate of drug-likeness (QED) is 0.784. The number of benzene rings is 1. The van der Waals surface area contributed by atoms with Crippen LogP contribution >= 0.6 is 22.7 Å². The van der Waals surface area contributed by atoms with Gasteiger partial charge in [0.25, 0.3) is 0 Å². The lowest BCUT2D eigenvalue weighted by molar-refractivity contribution is 1.11. The van der Waals surface area contributed by atoms with Crippen LogP contribution in [0.5, 0.6) is 0 Å². The van der Waals surface area contributed by atoms with Crippen molar-refractivity contribution in [1.29, 1.82) is 0 Å². The number of thiazole rings is 1. The third-order valence-electron chi connectivity index (χ3n) is 2.58. The molecule has 0 aliphatic heterocycles. The Labute approximate surface area is 108 Å². The highest BCUT2D eigenvalue weighted by atomic mass is 32.1. The molecule has 2 nitrogen and oxygen atoms in total. The second kappa shape index (κ2) is 4.56. The summed E-state index contributed by atoms with van der Waals surface area (Å²) in [5.74, 6) is 0. The number of aromatic nitrogens is 1. The van der Waals surface area contributed by atoms with Crippen molar-refractivity contribution >= 4 is 32.9 Å². The number of fused-ring (bicyclic) bond motifs is 1. The van der Waals surface area contributed by atoms with Gasteiger partial charge in [0.15, 0.2) is 0 Å². The van der Waals surface area contributed by atoms with Crippen LogP contribution in [0.1, 0.15) is 14.8 Å². The van der Waals surface area contributed by atoms with Crippen LogP contribution in [0.25, 0.3) is 10.2 Å². The van der Waals surface area contributed by atoms with Crippen molar-refractivity contribution in [2.45, 2.75) is 13.0 Å². The maximum absolute atomic E-state index is 5.62. The van der Waals surface area contributed by atoms with Gasteiger partial charge < -0.3 is 5.73 Å². The van der Waals surface area contributed by atoms with E-state index in [1.54, 1.807) is 22.7 Å². The van der Waals surface area contributed by atoms with Crippen LogP contribution in [-0.2, 0) is 13.0 Å². The largest absolute Gasteiger partial charge is 0.326 e. The summed E-state index contributed by atoms with van der Waals surface area (Å²) in [6.45, 7) is 0.629. The lowest BCUT2D eigenvalue weighted by Gasteiger charge is -1.90. The molecule has 2 heterocycles. The molecular weight excluding hydrogens is 248 g/mol. The van der Waals surface area contributed by atoms with Gasteiger partial charge in [-0.15, -0.1) is 22.7 Å². The van der Waals surface area contributed by atoms with Crippen LogP contribution in [0, 0.1) is 0 Å². The summed E-state index contributed by atoms with van der Waals surface area (Å²) >= 11 is 3.55. The third-order valence-corrected chi connectivity index (χ3v) is 4.73. The first-order valence-electron chi connectivity index (χ1n) is 5.47. The van der Waals surface area contributed by atoms with E-state index >= 15 is 0 Å². The lowest BCUT2D eigenvalue weighted by Crippen LogP contribution is -1.91. The van der Waals surface area contributed by atoms with Gasteiger partial charge in [0.2, 0.25) is 0 Å². The summed E-state index contributed by atoms with van der Waals surface area (Å²) in [5.41, 5.74) is 6.72. The van der Waals surface area contributed by atoms with Gasteiger partial charge in [0.1, 0.15) is 0 Å². The summed E-state index contributed by atoms with van der Waals surface area (Å²) < 4.78 is 1.26. The smallest absolute Gasteiger partial charge is 0.0990 e. The molecule has 0 amide bonds. The molecule has 0 saturated heterocycles. The van der Waals surface area contributed by atoms with E-state index in [1.165, 1.54) is 19.5 Å². The topological polar surface area (TPSA) is 38.9 Å². The summed E-state index contributed by atoms with van der Waals surface area (Å²) in [5, 5.41) is 1.18. The maximum Gasteiger partial charge on any atom is 0.0990 e. The standard InChI is InChI=1S/C13H12N2S2/c14-8-10-6-5-9(16-10)7-13-15-11-3-1-2-4-12(11)17-13/h1-6H,7-8,14H2. The van der Waals surface area contributed by atoms with E-state index < -0.39 is 0 Å². The predicted octanol–water partition coefficient (Wildman–Crippen LogP) is 3.41. The molecule has 0 fully saturated rings. The highest BCUT2D eigenvalue weighted by molar-refractivity contribution is 7.18. The van der Waals surface area contributed by atoms with E-state index in [1.807, 2.05) is 6.07 Å². The van der Waals surface area contributed by atoms with Crippen LogP contribution < -0.4 is 5.73 Å². The number of thiophene rings is 1. The number of rotatable bonds is 3. The lowest BCUT2D eigenvalue weighted by atomic mass is 10.3. The molecule has 0 radical (unpaired) electrons. The molecule has 86 valence electrons. The summed E-state index contributed by atoms with van der Waals surface area (Å²) in [7, 11) is 0. The molecule has 1 aromatic carbocycles. The van der Waals surface area contributed by atoms with Gasteiger partial charge in [-0.2, -0.15) is 0 Å². The molecule has 0 bridgehead atoms. The van der Waals surface area contributed by atoms with Crippen LogP contribution in [-0.4, -0.2) is 4.98 Å². The molecule has 3 aromatic rings. The predicted molar refractivity (Wildman–Crippen MR) is 74.6 cm³/mol. The second-order valence-electron chi connectivity index (χ2n) is 3.82. The molecule has 0 saturated carbocycles. The first-order valence-corrected chi connectivity index (χ1v) is 7.10. The van der Waals surface area contributed by atoms with Gasteiger partial charge in [0, 0.05) is 22.7 Å². The van der Waals surface area contributed by atoms with Crippen molar-refractivity contribution in [3.63, 3.8) is 0 Å². The number of hydrogen-bond donors (Lipinski definition) is 1. The van der Waals surface area contributed by atoms with Gasteiger partial charge in [0.05, 0.1) is 15.2 Å². The number of nitrogens with zero attached hydrogens (tertiary/aromatic N) is 1. The maximum atomic E-state index is 5.62. The molecule has 0 unspecified atom stereocenters. The van der Waals surface area contributed by atoms with Gasteiger partial charge in [-0.25, -0.2) is 4.98 Å². The fourth-order valence-electron chi connectivity index (χ4n) is 1.77. The van der Waals surface area contributed by atoms with E-state index in [-0.39, 0.29) is 0 Å². The molecule has 0 spiro atoms. The highest BCUT2D eigenvalue weighted by Crippen LogP contribution is 2.26. The molecule has 2 aromatic heterocycles. The Morgan fingerprint density at radius 3 is 2.59 bits per heavy atom. The minimum absolute atomic E-state index is 0.629. The molecule has 17 heavy (non-hydrogen) atoms. The first-order chi connectivity index (χ1) is 8.35. The Balaban J connectivity index is 1.89. The zero-order valence-electron chi connectivity index (χ0n) is 9.22. The molecule has 2 N–H and O–H groups in total. The molecule has 4 heteroatoms. The van der Waals surface area contributed by atoms with Crippen LogP contribution in [0.4, 0.5) is 0 Å². The number of nitrogens with two attached hydrogens (primary N) is 1. The molecule has 0 atom stereocenters. The Hall–Kier alpha value is -1.23. The van der Waals surface area contributed by atoms with Gasteiger partial charge >= 0.3 is 0 Å². The molecule has 3 rings (SSSR count). The normalized spacial score (nSPS) is 11.1. The van der Waals surface area contributed by atoms with E-state index in [9.17, 15) is 0 Å². The van der Waals surface area contributed by atoms with Crippen molar-refractivity contribution < 1.29 is 0 Å². The fourth-order valence-corrected chi connectivity index (χ4v) is 3.75. The van der Waals surface area contributed by atoms with Crippen LogP contribution in [0.15, 0.2) is 36.4 Å². The van der Waals surface area contributed by atoms with Crippen LogP contribution in [0.2, 0.25) is 0 Å². The Morgan fingerprint density at radius 1 is 1.00 bits per heavy atom. The zero-order chi connectivity index (χ0) is 11.7. The van der Waals surface area contributed by atoms with Crippen molar-refractivity contribution in [1.82, 2.24) is 4.98 Å². The van der Waals surface area contributed by atoms with Gasteiger partial charge in [-0.3, -0.25) is 0 Å². The highest BCUT2D eigenvalue weighted by Gasteiger charge is 2.06. The molecule has 0 aliphatic rings. The van der Waals surface area contributed by atoms with Crippen molar-refractivity contribution in [2.75, 3.05) is 0 Å². The van der Waals surface area contributed by atoms with E-state index in [2.05, 4.69) is 35.3 Å². The van der Waals surface area contributed by atoms with Crippen molar-refractivity contribution in [3.8, 4) is 0 Å². The number of hydrogen-bond acceptors (Lipinski definition) is 4. The van der Waals surface area contributed by atoms with Crippen LogP contribution in [0.3, 0.4) is 0 Å². The minimum atomic E-state index is 0.629. The Morgan fingerprint density at radius 2 is 1.82 bits per heavy atom. The Kier molecular flexibility index (Phi) is 2.93. The van der Waals surface area contributed by atoms with E-state index in [4.69, 9.17) is 5.73 Å². The monoisotopic (exact) mass is 260 g/mol. The van der Waals surface area contributed by atoms with Crippen molar-refractivity contribution in [2.24, 2.45) is 5.73 Å². The summed E-state index contributed by atoms with van der Waals surface area (Å²) in [6.07, 6.45) is 0.921. The number of para-hydroxylation sites is 1. The van der Waals surface area contributed by atoms with Gasteiger partial charge in [-0.1, -0.05) is 12.1 Å². The van der Waals surface area contributed by atoms with E-state index in [0.29, 0.717) is 6.54 Å². The van der Waals surface area contributed by atoms with E-state index in [0.717, 1.165) is 11.9 Å². The average molecular weight is 260 g/mol. The second-order valence-corrected chi connectivity index (χ2v) is 6.19. The van der Waals surface area contributed by atoms with Gasteiger partial charge in [-0.05, 0) is 24.3 Å². The van der Waals surface area contributed by atoms with Crippen molar-refractivity contribution in [3.05, 3.63) is 51.2 Å². The third kappa shape index (κ3) is 2.24.